The van der Waals surface area contributed by atoms with Crippen molar-refractivity contribution in [2.45, 2.75) is 19.8 Å². The van der Waals surface area contributed by atoms with Gasteiger partial charge in [0.15, 0.2) is 0 Å². The number of aliphatic hydroxyl groups is 1. The number of aromatic nitrogens is 1. The highest BCUT2D eigenvalue weighted by Gasteiger charge is 1.99. The van der Waals surface area contributed by atoms with Gasteiger partial charge >= 0.3 is 0 Å². The second kappa shape index (κ2) is 8.08. The lowest BCUT2D eigenvalue weighted by molar-refractivity contribution is 0.305. The molecule has 0 fully saturated rings. The van der Waals surface area contributed by atoms with E-state index in [2.05, 4.69) is 16.8 Å². The van der Waals surface area contributed by atoms with Crippen LogP contribution >= 0.6 is 0 Å². The van der Waals surface area contributed by atoms with Gasteiger partial charge in [-0.15, -0.1) is 0 Å². The van der Waals surface area contributed by atoms with Gasteiger partial charge in [0.25, 0.3) is 0 Å². The zero-order valence-electron chi connectivity index (χ0n) is 12.2. The number of pyridine rings is 1. The highest BCUT2D eigenvalue weighted by Crippen LogP contribution is 2.17. The second-order valence-corrected chi connectivity index (χ2v) is 4.71. The Balaban J connectivity index is 1.90. The van der Waals surface area contributed by atoms with Gasteiger partial charge in [-0.25, -0.2) is 0 Å². The summed E-state index contributed by atoms with van der Waals surface area (Å²) in [4.78, 5) is 3.99. The van der Waals surface area contributed by atoms with E-state index in [-0.39, 0.29) is 6.61 Å². The SMILES string of the molecule is Cc1cc(OCCc2ccncc2)ccc1C#CCCO. The van der Waals surface area contributed by atoms with Crippen LogP contribution in [0, 0.1) is 18.8 Å². The Bertz CT molecular complexity index is 627. The summed E-state index contributed by atoms with van der Waals surface area (Å²) >= 11 is 0. The Morgan fingerprint density at radius 3 is 2.71 bits per heavy atom. The van der Waals surface area contributed by atoms with Gasteiger partial charge in [-0.05, 0) is 48.4 Å². The first-order chi connectivity index (χ1) is 10.3. The van der Waals surface area contributed by atoms with Gasteiger partial charge in [-0.3, -0.25) is 4.98 Å². The average Bonchev–Trinajstić information content (AvgIpc) is 2.51. The van der Waals surface area contributed by atoms with E-state index in [9.17, 15) is 0 Å². The van der Waals surface area contributed by atoms with Crippen molar-refractivity contribution in [3.8, 4) is 17.6 Å². The minimum Gasteiger partial charge on any atom is -0.493 e. The maximum absolute atomic E-state index is 8.72. The van der Waals surface area contributed by atoms with Crippen molar-refractivity contribution in [1.82, 2.24) is 4.98 Å². The number of rotatable bonds is 5. The third-order valence-corrected chi connectivity index (χ3v) is 3.07. The van der Waals surface area contributed by atoms with Crippen LogP contribution in [0.1, 0.15) is 23.1 Å². The Kier molecular flexibility index (Phi) is 5.81. The minimum absolute atomic E-state index is 0.0995. The van der Waals surface area contributed by atoms with E-state index in [1.165, 1.54) is 5.56 Å². The van der Waals surface area contributed by atoms with E-state index in [0.29, 0.717) is 13.0 Å². The van der Waals surface area contributed by atoms with Crippen molar-refractivity contribution < 1.29 is 9.84 Å². The molecule has 0 atom stereocenters. The van der Waals surface area contributed by atoms with E-state index in [1.807, 2.05) is 37.3 Å². The first-order valence-corrected chi connectivity index (χ1v) is 7.01. The average molecular weight is 281 g/mol. The Morgan fingerprint density at radius 2 is 2.00 bits per heavy atom. The van der Waals surface area contributed by atoms with Crippen LogP contribution in [-0.4, -0.2) is 23.3 Å². The Morgan fingerprint density at radius 1 is 1.19 bits per heavy atom. The van der Waals surface area contributed by atoms with Crippen molar-refractivity contribution in [2.75, 3.05) is 13.2 Å². The van der Waals surface area contributed by atoms with Crippen molar-refractivity contribution in [2.24, 2.45) is 0 Å². The number of aliphatic hydroxyl groups excluding tert-OH is 1. The highest BCUT2D eigenvalue weighted by atomic mass is 16.5. The van der Waals surface area contributed by atoms with Crippen molar-refractivity contribution in [3.05, 3.63) is 59.4 Å². The molecule has 2 rings (SSSR count). The summed E-state index contributed by atoms with van der Waals surface area (Å²) in [5.74, 6) is 6.84. The topological polar surface area (TPSA) is 42.4 Å². The molecule has 0 aliphatic carbocycles. The second-order valence-electron chi connectivity index (χ2n) is 4.71. The molecule has 0 radical (unpaired) electrons. The molecule has 1 aromatic carbocycles. The molecule has 0 saturated heterocycles. The van der Waals surface area contributed by atoms with Gasteiger partial charge in [0.05, 0.1) is 13.2 Å². The molecule has 0 aliphatic heterocycles. The summed E-state index contributed by atoms with van der Waals surface area (Å²) in [6.07, 6.45) is 4.95. The summed E-state index contributed by atoms with van der Waals surface area (Å²) in [5, 5.41) is 8.72. The molecule has 0 unspecified atom stereocenters. The molecule has 1 aromatic heterocycles. The van der Waals surface area contributed by atoms with Gasteiger partial charge in [-0.1, -0.05) is 11.8 Å². The van der Waals surface area contributed by atoms with Crippen LogP contribution in [0.5, 0.6) is 5.75 Å². The van der Waals surface area contributed by atoms with Crippen LogP contribution in [-0.2, 0) is 6.42 Å². The van der Waals surface area contributed by atoms with Crippen LogP contribution < -0.4 is 4.74 Å². The molecule has 0 saturated carbocycles. The number of aryl methyl sites for hydroxylation is 1. The lowest BCUT2D eigenvalue weighted by Gasteiger charge is -2.08. The van der Waals surface area contributed by atoms with Crippen LogP contribution in [0.3, 0.4) is 0 Å². The number of hydrogen-bond acceptors (Lipinski definition) is 3. The molecule has 0 bridgehead atoms. The van der Waals surface area contributed by atoms with Crippen molar-refractivity contribution in [1.29, 1.82) is 0 Å². The van der Waals surface area contributed by atoms with Gasteiger partial charge in [0.1, 0.15) is 5.75 Å². The summed E-state index contributed by atoms with van der Waals surface area (Å²) in [6, 6.07) is 9.88. The monoisotopic (exact) mass is 281 g/mol. The lowest BCUT2D eigenvalue weighted by Crippen LogP contribution is -2.01. The molecule has 3 heteroatoms. The van der Waals surface area contributed by atoms with Crippen LogP contribution in [0.15, 0.2) is 42.7 Å². The molecular weight excluding hydrogens is 262 g/mol. The maximum Gasteiger partial charge on any atom is 0.119 e. The normalized spacial score (nSPS) is 9.81. The molecule has 2 aromatic rings. The number of benzene rings is 1. The van der Waals surface area contributed by atoms with Crippen LogP contribution in [0.4, 0.5) is 0 Å². The fourth-order valence-electron chi connectivity index (χ4n) is 1.92. The van der Waals surface area contributed by atoms with Gasteiger partial charge in [-0.2, -0.15) is 0 Å². The summed E-state index contributed by atoms with van der Waals surface area (Å²) < 4.78 is 5.76. The quantitative estimate of drug-likeness (QED) is 0.857. The van der Waals surface area contributed by atoms with Crippen LogP contribution in [0.2, 0.25) is 0 Å². The summed E-state index contributed by atoms with van der Waals surface area (Å²) in [6.45, 7) is 2.75. The predicted molar refractivity (Wildman–Crippen MR) is 83.2 cm³/mol. The Labute approximate surface area is 125 Å². The van der Waals surface area contributed by atoms with Crippen molar-refractivity contribution in [3.63, 3.8) is 0 Å². The highest BCUT2D eigenvalue weighted by molar-refractivity contribution is 5.44. The lowest BCUT2D eigenvalue weighted by atomic mass is 10.1. The van der Waals surface area contributed by atoms with Gasteiger partial charge in [0, 0.05) is 30.8 Å². The summed E-state index contributed by atoms with van der Waals surface area (Å²) in [7, 11) is 0. The van der Waals surface area contributed by atoms with E-state index >= 15 is 0 Å². The predicted octanol–water partition coefficient (Wildman–Crippen LogP) is 2.75. The third-order valence-electron chi connectivity index (χ3n) is 3.07. The molecule has 1 N–H and O–H groups in total. The molecule has 3 nitrogen and oxygen atoms in total. The fourth-order valence-corrected chi connectivity index (χ4v) is 1.92. The molecule has 0 amide bonds. The molecular formula is C18H19NO2. The third kappa shape index (κ3) is 4.94. The first-order valence-electron chi connectivity index (χ1n) is 7.01. The molecule has 21 heavy (non-hydrogen) atoms. The van der Waals surface area contributed by atoms with E-state index in [1.54, 1.807) is 12.4 Å². The largest absolute Gasteiger partial charge is 0.493 e. The maximum atomic E-state index is 8.72. The zero-order chi connectivity index (χ0) is 14.9. The van der Waals surface area contributed by atoms with Gasteiger partial charge < -0.3 is 9.84 Å². The minimum atomic E-state index is 0.0995. The van der Waals surface area contributed by atoms with Crippen LogP contribution in [0.25, 0.3) is 0 Å². The molecule has 0 aliphatic rings. The van der Waals surface area contributed by atoms with E-state index < -0.39 is 0 Å². The molecule has 108 valence electrons. The number of ether oxygens (including phenoxy) is 1. The number of hydrogen-bond donors (Lipinski definition) is 1. The van der Waals surface area contributed by atoms with Crippen molar-refractivity contribution >= 4 is 0 Å². The first kappa shape index (κ1) is 15.1. The summed E-state index contributed by atoms with van der Waals surface area (Å²) in [5.41, 5.74) is 3.28. The standard InChI is InChI=1S/C18H19NO2/c1-15-14-18(6-5-17(15)4-2-3-12-20)21-13-9-16-7-10-19-11-8-16/h5-8,10-11,14,20H,3,9,12-13H2,1H3. The zero-order valence-corrected chi connectivity index (χ0v) is 12.2. The number of nitrogens with zero attached hydrogens (tertiary/aromatic N) is 1. The molecule has 0 spiro atoms. The van der Waals surface area contributed by atoms with E-state index in [4.69, 9.17) is 9.84 Å². The fraction of sp³-hybridized carbons (Fsp3) is 0.278. The Hall–Kier alpha value is -2.31. The van der Waals surface area contributed by atoms with Gasteiger partial charge in [0.2, 0.25) is 0 Å². The smallest absolute Gasteiger partial charge is 0.119 e. The van der Waals surface area contributed by atoms with E-state index in [0.717, 1.165) is 23.3 Å². The molecule has 1 heterocycles.